The molecule has 33 heavy (non-hydrogen) atoms. The molecule has 1 saturated carbocycles. The second-order valence-corrected chi connectivity index (χ2v) is 8.57. The third kappa shape index (κ3) is 4.88. The van der Waals surface area contributed by atoms with Crippen LogP contribution in [-0.2, 0) is 6.18 Å². The third-order valence-electron chi connectivity index (χ3n) is 6.44. The summed E-state index contributed by atoms with van der Waals surface area (Å²) in [6.45, 7) is 2.20. The molecule has 0 heterocycles. The first-order chi connectivity index (χ1) is 15.7. The molecule has 3 aromatic carbocycles. The summed E-state index contributed by atoms with van der Waals surface area (Å²) < 4.78 is 81.9. The topological polar surface area (TPSA) is 0 Å². The first kappa shape index (κ1) is 23.2. The minimum absolute atomic E-state index is 0.0820. The molecule has 0 unspecified atom stereocenters. The number of fused-ring (bicyclic) bond motifs is 1. The normalized spacial score (nSPS) is 18.8. The Hall–Kier alpha value is -2.94. The maximum absolute atomic E-state index is 14.8. The standard InChI is InChI=1S/C27H22F6/c1-2-16-3-5-17(6-4-16)7-8-18-9-11-21(23(28)13-18)19-10-12-22-20(14-19)15-24(29)25(26(22)30)27(31,32)33/h9-17H,2-6H2,1H3. The lowest BCUT2D eigenvalue weighted by atomic mass is 9.81. The van der Waals surface area contributed by atoms with Crippen molar-refractivity contribution in [3.8, 4) is 23.0 Å². The Morgan fingerprint density at radius 2 is 1.61 bits per heavy atom. The number of halogens is 6. The Labute approximate surface area is 188 Å². The van der Waals surface area contributed by atoms with Gasteiger partial charge in [-0.3, -0.25) is 0 Å². The molecule has 0 N–H and O–H groups in total. The van der Waals surface area contributed by atoms with Crippen LogP contribution in [0.15, 0.2) is 42.5 Å². The van der Waals surface area contributed by atoms with Crippen LogP contribution in [0.3, 0.4) is 0 Å². The van der Waals surface area contributed by atoms with Gasteiger partial charge in [0.05, 0.1) is 0 Å². The Bertz CT molecular complexity index is 1240. The second-order valence-electron chi connectivity index (χ2n) is 8.57. The van der Waals surface area contributed by atoms with Crippen LogP contribution in [0.1, 0.15) is 50.2 Å². The van der Waals surface area contributed by atoms with E-state index in [4.69, 9.17) is 0 Å². The van der Waals surface area contributed by atoms with E-state index in [0.717, 1.165) is 37.7 Å². The number of alkyl halides is 3. The molecule has 3 aromatic rings. The molecule has 0 radical (unpaired) electrons. The van der Waals surface area contributed by atoms with Gasteiger partial charge >= 0.3 is 6.18 Å². The van der Waals surface area contributed by atoms with Gasteiger partial charge in [-0.15, -0.1) is 0 Å². The zero-order valence-electron chi connectivity index (χ0n) is 18.0. The summed E-state index contributed by atoms with van der Waals surface area (Å²) in [5.74, 6) is 3.39. The smallest absolute Gasteiger partial charge is 0.206 e. The molecule has 4 rings (SSSR count). The summed E-state index contributed by atoms with van der Waals surface area (Å²) in [7, 11) is 0. The van der Waals surface area contributed by atoms with Crippen molar-refractivity contribution in [1.29, 1.82) is 0 Å². The summed E-state index contributed by atoms with van der Waals surface area (Å²) >= 11 is 0. The lowest BCUT2D eigenvalue weighted by Crippen LogP contribution is -2.12. The molecule has 0 bridgehead atoms. The van der Waals surface area contributed by atoms with Crippen molar-refractivity contribution < 1.29 is 26.3 Å². The SMILES string of the molecule is CCC1CCC(C#Cc2ccc(-c3ccc4c(F)c(C(F)(F)F)c(F)cc4c3)c(F)c2)CC1. The van der Waals surface area contributed by atoms with Crippen LogP contribution in [0.4, 0.5) is 26.3 Å². The second kappa shape index (κ2) is 9.13. The highest BCUT2D eigenvalue weighted by molar-refractivity contribution is 5.88. The average Bonchev–Trinajstić information content (AvgIpc) is 2.76. The van der Waals surface area contributed by atoms with Crippen molar-refractivity contribution in [3.05, 3.63) is 71.0 Å². The lowest BCUT2D eigenvalue weighted by Gasteiger charge is -2.24. The molecule has 0 aliphatic heterocycles. The van der Waals surface area contributed by atoms with Gasteiger partial charge in [0, 0.05) is 22.4 Å². The van der Waals surface area contributed by atoms with E-state index in [1.165, 1.54) is 30.7 Å². The van der Waals surface area contributed by atoms with E-state index in [2.05, 4.69) is 18.8 Å². The molecular formula is C27H22F6. The maximum atomic E-state index is 14.8. The summed E-state index contributed by atoms with van der Waals surface area (Å²) in [6, 6.07) is 8.81. The Morgan fingerprint density at radius 1 is 0.879 bits per heavy atom. The number of benzene rings is 3. The molecule has 0 spiro atoms. The third-order valence-corrected chi connectivity index (χ3v) is 6.44. The molecule has 0 atom stereocenters. The van der Waals surface area contributed by atoms with E-state index in [0.29, 0.717) is 23.1 Å². The van der Waals surface area contributed by atoms with Crippen LogP contribution in [0, 0.1) is 41.1 Å². The van der Waals surface area contributed by atoms with Crippen LogP contribution in [0.2, 0.25) is 0 Å². The molecule has 0 aromatic heterocycles. The quantitative estimate of drug-likeness (QED) is 0.266. The van der Waals surface area contributed by atoms with E-state index in [-0.39, 0.29) is 16.3 Å². The molecule has 172 valence electrons. The highest BCUT2D eigenvalue weighted by Crippen LogP contribution is 2.38. The van der Waals surface area contributed by atoms with Gasteiger partial charge in [-0.25, -0.2) is 13.2 Å². The summed E-state index contributed by atoms with van der Waals surface area (Å²) in [4.78, 5) is 0. The molecule has 1 aliphatic carbocycles. The fourth-order valence-electron chi connectivity index (χ4n) is 4.49. The van der Waals surface area contributed by atoms with Gasteiger partial charge < -0.3 is 0 Å². The van der Waals surface area contributed by atoms with E-state index < -0.39 is 29.2 Å². The first-order valence-electron chi connectivity index (χ1n) is 11.0. The average molecular weight is 460 g/mol. The summed E-state index contributed by atoms with van der Waals surface area (Å²) in [5, 5.41) is -0.463. The van der Waals surface area contributed by atoms with Gasteiger partial charge in [-0.05, 0) is 66.8 Å². The van der Waals surface area contributed by atoms with Crippen LogP contribution in [0.5, 0.6) is 0 Å². The van der Waals surface area contributed by atoms with Crippen molar-refractivity contribution in [3.63, 3.8) is 0 Å². The molecule has 1 aliphatic rings. The van der Waals surface area contributed by atoms with Gasteiger partial charge in [-0.2, -0.15) is 13.2 Å². The molecule has 1 fully saturated rings. The molecule has 0 amide bonds. The van der Waals surface area contributed by atoms with Gasteiger partial charge in [0.1, 0.15) is 23.0 Å². The van der Waals surface area contributed by atoms with Crippen LogP contribution in [-0.4, -0.2) is 0 Å². The monoisotopic (exact) mass is 460 g/mol. The van der Waals surface area contributed by atoms with Gasteiger partial charge in [-0.1, -0.05) is 43.4 Å². The number of hydrogen-bond donors (Lipinski definition) is 0. The van der Waals surface area contributed by atoms with Crippen molar-refractivity contribution in [2.24, 2.45) is 11.8 Å². The van der Waals surface area contributed by atoms with Crippen molar-refractivity contribution in [2.75, 3.05) is 0 Å². The van der Waals surface area contributed by atoms with Gasteiger partial charge in [0.2, 0.25) is 0 Å². The zero-order chi connectivity index (χ0) is 23.8. The van der Waals surface area contributed by atoms with Gasteiger partial charge in [0.25, 0.3) is 0 Å². The Morgan fingerprint density at radius 3 is 2.24 bits per heavy atom. The van der Waals surface area contributed by atoms with E-state index in [9.17, 15) is 26.3 Å². The number of rotatable bonds is 2. The summed E-state index contributed by atoms with van der Waals surface area (Å²) in [5.41, 5.74) is -0.927. The minimum atomic E-state index is -5.15. The van der Waals surface area contributed by atoms with Crippen molar-refractivity contribution in [1.82, 2.24) is 0 Å². The highest BCUT2D eigenvalue weighted by Gasteiger charge is 2.38. The van der Waals surface area contributed by atoms with Crippen LogP contribution < -0.4 is 0 Å². The molecular weight excluding hydrogens is 438 g/mol. The molecule has 6 heteroatoms. The van der Waals surface area contributed by atoms with Crippen molar-refractivity contribution in [2.45, 2.75) is 45.2 Å². The van der Waals surface area contributed by atoms with E-state index >= 15 is 0 Å². The fraction of sp³-hybridized carbons (Fsp3) is 0.333. The lowest BCUT2D eigenvalue weighted by molar-refractivity contribution is -0.142. The van der Waals surface area contributed by atoms with E-state index in [1.54, 1.807) is 6.07 Å². The van der Waals surface area contributed by atoms with Crippen LogP contribution >= 0.6 is 0 Å². The predicted molar refractivity (Wildman–Crippen MR) is 117 cm³/mol. The highest BCUT2D eigenvalue weighted by atomic mass is 19.4. The Kier molecular flexibility index (Phi) is 6.43. The Balaban J connectivity index is 1.61. The zero-order valence-corrected chi connectivity index (χ0v) is 18.0. The molecule has 0 saturated heterocycles. The summed E-state index contributed by atoms with van der Waals surface area (Å²) in [6.07, 6.45) is 0.454. The predicted octanol–water partition coefficient (Wildman–Crippen LogP) is 8.51. The van der Waals surface area contributed by atoms with Gasteiger partial charge in [0.15, 0.2) is 0 Å². The fourth-order valence-corrected chi connectivity index (χ4v) is 4.49. The number of hydrogen-bond acceptors (Lipinski definition) is 0. The van der Waals surface area contributed by atoms with Crippen LogP contribution in [0.25, 0.3) is 21.9 Å². The maximum Gasteiger partial charge on any atom is 0.422 e. The first-order valence-corrected chi connectivity index (χ1v) is 11.0. The minimum Gasteiger partial charge on any atom is -0.206 e. The molecule has 0 nitrogen and oxygen atoms in total. The largest absolute Gasteiger partial charge is 0.422 e. The van der Waals surface area contributed by atoms with E-state index in [1.807, 2.05) is 0 Å². The van der Waals surface area contributed by atoms with Crippen molar-refractivity contribution >= 4 is 10.8 Å².